The highest BCUT2D eigenvalue weighted by Crippen LogP contribution is 2.37. The van der Waals surface area contributed by atoms with Crippen molar-refractivity contribution in [3.63, 3.8) is 0 Å². The van der Waals surface area contributed by atoms with Gasteiger partial charge in [-0.15, -0.1) is 0 Å². The van der Waals surface area contributed by atoms with Crippen molar-refractivity contribution >= 4 is 29.6 Å². The van der Waals surface area contributed by atoms with Crippen LogP contribution in [0.5, 0.6) is 17.2 Å². The molecule has 1 aromatic heterocycles. The third-order valence-electron chi connectivity index (χ3n) is 3.84. The zero-order chi connectivity index (χ0) is 19.6. The molecule has 2 heterocycles. The molecule has 2 aromatic rings. The number of aromatic nitrogens is 1. The van der Waals surface area contributed by atoms with Crippen LogP contribution in [0.4, 0.5) is 10.5 Å². The van der Waals surface area contributed by atoms with Gasteiger partial charge < -0.3 is 14.6 Å². The van der Waals surface area contributed by atoms with Crippen LogP contribution < -0.4 is 19.7 Å². The van der Waals surface area contributed by atoms with E-state index in [0.29, 0.717) is 5.56 Å². The van der Waals surface area contributed by atoms with Crippen LogP contribution in [-0.2, 0) is 9.59 Å². The Morgan fingerprint density at radius 2 is 1.67 bits per heavy atom. The molecule has 0 atom stereocenters. The highest BCUT2D eigenvalue weighted by molar-refractivity contribution is 6.39. The normalized spacial score (nSPS) is 15.7. The molecular formula is C18H15N3O6. The average molecular weight is 369 g/mol. The summed E-state index contributed by atoms with van der Waals surface area (Å²) >= 11 is 0. The van der Waals surface area contributed by atoms with Crippen molar-refractivity contribution in [1.82, 2.24) is 10.3 Å². The van der Waals surface area contributed by atoms with Crippen molar-refractivity contribution in [3.8, 4) is 17.2 Å². The maximum Gasteiger partial charge on any atom is 0.335 e. The van der Waals surface area contributed by atoms with Crippen LogP contribution in [0.2, 0.25) is 0 Å². The van der Waals surface area contributed by atoms with Crippen molar-refractivity contribution in [2.75, 3.05) is 19.1 Å². The maximum atomic E-state index is 12.8. The number of nitrogens with one attached hydrogen (secondary N) is 1. The van der Waals surface area contributed by atoms with Gasteiger partial charge in [0.25, 0.3) is 11.8 Å². The number of benzene rings is 1. The number of aromatic hydroxyl groups is 1. The Hall–Kier alpha value is -3.88. The fraction of sp³-hybridized carbons (Fsp3) is 0.111. The predicted octanol–water partition coefficient (Wildman–Crippen LogP) is 1.47. The van der Waals surface area contributed by atoms with E-state index in [9.17, 15) is 19.5 Å². The number of pyridine rings is 1. The number of carbonyl (C=O) groups is 3. The number of phenolic OH excluding ortho intramolecular Hbond substituents is 1. The smallest absolute Gasteiger partial charge is 0.335 e. The quantitative estimate of drug-likeness (QED) is 0.619. The lowest BCUT2D eigenvalue weighted by Crippen LogP contribution is -2.54. The molecule has 9 heteroatoms. The number of urea groups is 1. The molecule has 0 bridgehead atoms. The first-order chi connectivity index (χ1) is 13.0. The lowest BCUT2D eigenvalue weighted by atomic mass is 10.1. The first kappa shape index (κ1) is 17.9. The Labute approximate surface area is 153 Å². The van der Waals surface area contributed by atoms with Crippen LogP contribution in [0.15, 0.2) is 42.2 Å². The summed E-state index contributed by atoms with van der Waals surface area (Å²) in [5, 5.41) is 12.1. The van der Waals surface area contributed by atoms with Crippen LogP contribution in [0.3, 0.4) is 0 Å². The molecule has 0 radical (unpaired) electrons. The lowest BCUT2D eigenvalue weighted by Gasteiger charge is -2.26. The van der Waals surface area contributed by atoms with Crippen LogP contribution in [-0.4, -0.2) is 42.2 Å². The van der Waals surface area contributed by atoms with Crippen molar-refractivity contribution < 1.29 is 29.0 Å². The lowest BCUT2D eigenvalue weighted by molar-refractivity contribution is -0.122. The van der Waals surface area contributed by atoms with Crippen molar-refractivity contribution in [3.05, 3.63) is 47.8 Å². The molecule has 0 spiro atoms. The average Bonchev–Trinajstić information content (AvgIpc) is 2.66. The summed E-state index contributed by atoms with van der Waals surface area (Å²) in [5.74, 6) is -1.63. The van der Waals surface area contributed by atoms with E-state index in [4.69, 9.17) is 9.47 Å². The fourth-order valence-corrected chi connectivity index (χ4v) is 2.55. The highest BCUT2D eigenvalue weighted by Gasteiger charge is 2.36. The zero-order valence-electron chi connectivity index (χ0n) is 14.4. The standard InChI is InChI=1S/C18H15N3O6/c1-26-13-8-10(9-14(27-2)15(13)22)7-12-16(23)20-18(25)21(17(12)24)11-3-5-19-6-4-11/h3-9,22H,1-2H3,(H,20,23,25)/b12-7+. The molecule has 27 heavy (non-hydrogen) atoms. The van der Waals surface area contributed by atoms with E-state index < -0.39 is 17.8 Å². The molecule has 2 N–H and O–H groups in total. The Morgan fingerprint density at radius 3 is 2.22 bits per heavy atom. The van der Waals surface area contributed by atoms with Gasteiger partial charge in [0.2, 0.25) is 5.75 Å². The number of ether oxygens (including phenoxy) is 2. The van der Waals surface area contributed by atoms with Crippen molar-refractivity contribution in [2.24, 2.45) is 0 Å². The van der Waals surface area contributed by atoms with Gasteiger partial charge in [-0.1, -0.05) is 0 Å². The van der Waals surface area contributed by atoms with Gasteiger partial charge in [-0.3, -0.25) is 19.9 Å². The number of rotatable bonds is 4. The first-order valence-electron chi connectivity index (χ1n) is 7.72. The second-order valence-corrected chi connectivity index (χ2v) is 5.44. The third-order valence-corrected chi connectivity index (χ3v) is 3.84. The minimum absolute atomic E-state index is 0.104. The van der Waals surface area contributed by atoms with Crippen LogP contribution >= 0.6 is 0 Å². The molecule has 9 nitrogen and oxygen atoms in total. The minimum Gasteiger partial charge on any atom is -0.502 e. The Kier molecular flexibility index (Phi) is 4.75. The van der Waals surface area contributed by atoms with E-state index in [2.05, 4.69) is 10.3 Å². The molecule has 1 aliphatic rings. The molecule has 1 fully saturated rings. The summed E-state index contributed by atoms with van der Waals surface area (Å²) in [7, 11) is 2.71. The van der Waals surface area contributed by atoms with E-state index in [1.54, 1.807) is 0 Å². The summed E-state index contributed by atoms with van der Waals surface area (Å²) in [4.78, 5) is 41.8. The number of anilines is 1. The van der Waals surface area contributed by atoms with E-state index in [-0.39, 0.29) is 28.5 Å². The first-order valence-corrected chi connectivity index (χ1v) is 7.72. The topological polar surface area (TPSA) is 118 Å². The number of amides is 4. The number of nitrogens with zero attached hydrogens (tertiary/aromatic N) is 2. The van der Waals surface area contributed by atoms with Crippen molar-refractivity contribution in [2.45, 2.75) is 0 Å². The van der Waals surface area contributed by atoms with Crippen molar-refractivity contribution in [1.29, 1.82) is 0 Å². The molecule has 0 unspecified atom stereocenters. The zero-order valence-corrected chi connectivity index (χ0v) is 14.4. The number of methoxy groups -OCH3 is 2. The summed E-state index contributed by atoms with van der Waals surface area (Å²) in [5.41, 5.74) is 0.372. The van der Waals surface area contributed by atoms with Gasteiger partial charge >= 0.3 is 6.03 Å². The maximum absolute atomic E-state index is 12.8. The molecule has 0 saturated carbocycles. The van der Waals surface area contributed by atoms with E-state index in [0.717, 1.165) is 4.90 Å². The van der Waals surface area contributed by atoms with Gasteiger partial charge in [0.1, 0.15) is 5.57 Å². The number of carbonyl (C=O) groups excluding carboxylic acids is 3. The van der Waals surface area contributed by atoms with E-state index >= 15 is 0 Å². The number of imide groups is 2. The molecule has 0 aliphatic carbocycles. The van der Waals surface area contributed by atoms with Gasteiger partial charge in [-0.25, -0.2) is 9.69 Å². The van der Waals surface area contributed by atoms with E-state index in [1.807, 2.05) is 0 Å². The molecular weight excluding hydrogens is 354 g/mol. The SMILES string of the molecule is COc1cc(/C=C2\C(=O)NC(=O)N(c3ccncc3)C2=O)cc(OC)c1O. The summed E-state index contributed by atoms with van der Waals surface area (Å²) < 4.78 is 10.1. The molecule has 4 amide bonds. The van der Waals surface area contributed by atoms with Gasteiger partial charge in [0.15, 0.2) is 11.5 Å². The van der Waals surface area contributed by atoms with Gasteiger partial charge in [-0.2, -0.15) is 0 Å². The van der Waals surface area contributed by atoms with E-state index in [1.165, 1.54) is 57.0 Å². The Balaban J connectivity index is 2.06. The minimum atomic E-state index is -0.853. The van der Waals surface area contributed by atoms with Crippen LogP contribution in [0.25, 0.3) is 6.08 Å². The van der Waals surface area contributed by atoms with Gasteiger partial charge in [0.05, 0.1) is 19.9 Å². The largest absolute Gasteiger partial charge is 0.502 e. The summed E-state index contributed by atoms with van der Waals surface area (Å²) in [6.07, 6.45) is 4.12. The molecule has 138 valence electrons. The van der Waals surface area contributed by atoms with Gasteiger partial charge in [-0.05, 0) is 35.9 Å². The number of barbiturate groups is 1. The second kappa shape index (κ2) is 7.16. The molecule has 1 aromatic carbocycles. The third kappa shape index (κ3) is 3.30. The fourth-order valence-electron chi connectivity index (χ4n) is 2.55. The summed E-state index contributed by atoms with van der Waals surface area (Å²) in [6, 6.07) is 4.95. The number of hydrogen-bond acceptors (Lipinski definition) is 7. The predicted molar refractivity (Wildman–Crippen MR) is 94.4 cm³/mol. The summed E-state index contributed by atoms with van der Waals surface area (Å²) in [6.45, 7) is 0. The monoisotopic (exact) mass is 369 g/mol. The Morgan fingerprint density at radius 1 is 1.07 bits per heavy atom. The Bertz CT molecular complexity index is 930. The molecule has 3 rings (SSSR count). The number of phenols is 1. The highest BCUT2D eigenvalue weighted by atomic mass is 16.5. The molecule has 1 aliphatic heterocycles. The van der Waals surface area contributed by atoms with Crippen LogP contribution in [0, 0.1) is 0 Å². The van der Waals surface area contributed by atoms with Crippen LogP contribution in [0.1, 0.15) is 5.56 Å². The number of hydrogen-bond donors (Lipinski definition) is 2. The second-order valence-electron chi connectivity index (χ2n) is 5.44. The van der Waals surface area contributed by atoms with Gasteiger partial charge in [0, 0.05) is 12.4 Å². The molecule has 1 saturated heterocycles.